The summed E-state index contributed by atoms with van der Waals surface area (Å²) in [6, 6.07) is 7.40. The third-order valence-electron chi connectivity index (χ3n) is 2.31. The van der Waals surface area contributed by atoms with Crippen LogP contribution in [-0.4, -0.2) is 11.1 Å². The fraction of sp³-hybridized carbons (Fsp3) is 0.182. The largest absolute Gasteiger partial charge is 0.481 e. The standard InChI is InChI=1S/C11H9BrO3/c1-6(11(13)14)9-5-7-3-2-4-8(12)10(7)15-9/h2-6H,1H3,(H,13,14). The number of fused-ring (bicyclic) bond motifs is 1. The number of aliphatic carboxylic acids is 1. The zero-order valence-electron chi connectivity index (χ0n) is 8.03. The monoisotopic (exact) mass is 268 g/mol. The average molecular weight is 269 g/mol. The minimum absolute atomic E-state index is 0.476. The highest BCUT2D eigenvalue weighted by Crippen LogP contribution is 2.30. The van der Waals surface area contributed by atoms with Crippen LogP contribution in [0.5, 0.6) is 0 Å². The predicted octanol–water partition coefficient (Wildman–Crippen LogP) is 3.38. The first-order valence-electron chi connectivity index (χ1n) is 4.50. The molecular formula is C11H9BrO3. The van der Waals surface area contributed by atoms with Crippen LogP contribution in [0.4, 0.5) is 0 Å². The van der Waals surface area contributed by atoms with Crippen LogP contribution >= 0.6 is 15.9 Å². The molecule has 0 saturated heterocycles. The van der Waals surface area contributed by atoms with Crippen LogP contribution in [0.2, 0.25) is 0 Å². The zero-order valence-corrected chi connectivity index (χ0v) is 9.61. The molecule has 0 fully saturated rings. The molecule has 0 amide bonds. The van der Waals surface area contributed by atoms with Gasteiger partial charge in [-0.2, -0.15) is 0 Å². The number of carbonyl (C=O) groups is 1. The number of furan rings is 1. The Balaban J connectivity index is 2.56. The Labute approximate surface area is 94.8 Å². The number of carboxylic acids is 1. The van der Waals surface area contributed by atoms with Crippen LogP contribution in [0.15, 0.2) is 33.2 Å². The summed E-state index contributed by atoms with van der Waals surface area (Å²) in [6.45, 7) is 1.61. The maximum absolute atomic E-state index is 10.8. The number of hydrogen-bond acceptors (Lipinski definition) is 2. The second-order valence-electron chi connectivity index (χ2n) is 3.37. The van der Waals surface area contributed by atoms with E-state index in [-0.39, 0.29) is 0 Å². The molecule has 1 aromatic heterocycles. The number of halogens is 1. The van der Waals surface area contributed by atoms with Crippen molar-refractivity contribution in [1.29, 1.82) is 0 Å². The van der Waals surface area contributed by atoms with Crippen LogP contribution in [-0.2, 0) is 4.79 Å². The average Bonchev–Trinajstić information content (AvgIpc) is 2.61. The van der Waals surface area contributed by atoms with Crippen LogP contribution in [0.3, 0.4) is 0 Å². The molecule has 1 N–H and O–H groups in total. The molecule has 0 bridgehead atoms. The van der Waals surface area contributed by atoms with Crippen molar-refractivity contribution in [1.82, 2.24) is 0 Å². The van der Waals surface area contributed by atoms with Crippen molar-refractivity contribution in [2.75, 3.05) is 0 Å². The van der Waals surface area contributed by atoms with Crippen molar-refractivity contribution < 1.29 is 14.3 Å². The normalized spacial score (nSPS) is 12.9. The molecule has 4 heteroatoms. The molecule has 1 unspecified atom stereocenters. The Kier molecular flexibility index (Phi) is 2.52. The van der Waals surface area contributed by atoms with E-state index in [1.807, 2.05) is 18.2 Å². The molecule has 15 heavy (non-hydrogen) atoms. The highest BCUT2D eigenvalue weighted by molar-refractivity contribution is 9.10. The van der Waals surface area contributed by atoms with Crippen LogP contribution in [0, 0.1) is 0 Å². The lowest BCUT2D eigenvalue weighted by Gasteiger charge is -1.99. The van der Waals surface area contributed by atoms with Gasteiger partial charge < -0.3 is 9.52 Å². The summed E-state index contributed by atoms with van der Waals surface area (Å²) >= 11 is 3.36. The molecule has 0 aliphatic rings. The summed E-state index contributed by atoms with van der Waals surface area (Å²) in [5.74, 6) is -1.03. The summed E-state index contributed by atoms with van der Waals surface area (Å²) in [6.07, 6.45) is 0. The topological polar surface area (TPSA) is 50.4 Å². The minimum atomic E-state index is -0.884. The molecular weight excluding hydrogens is 260 g/mol. The lowest BCUT2D eigenvalue weighted by Crippen LogP contribution is -2.05. The smallest absolute Gasteiger partial charge is 0.313 e. The van der Waals surface area contributed by atoms with E-state index in [4.69, 9.17) is 9.52 Å². The van der Waals surface area contributed by atoms with Crippen molar-refractivity contribution in [3.05, 3.63) is 34.5 Å². The predicted molar refractivity (Wildman–Crippen MR) is 60.0 cm³/mol. The number of carboxylic acid groups (broad SMARTS) is 1. The molecule has 1 aromatic carbocycles. The number of hydrogen-bond donors (Lipinski definition) is 1. The third-order valence-corrected chi connectivity index (χ3v) is 2.94. The van der Waals surface area contributed by atoms with E-state index >= 15 is 0 Å². The van der Waals surface area contributed by atoms with Crippen LogP contribution < -0.4 is 0 Å². The molecule has 2 aromatic rings. The first-order valence-corrected chi connectivity index (χ1v) is 5.29. The Bertz CT molecular complexity index is 516. The van der Waals surface area contributed by atoms with E-state index in [0.717, 1.165) is 9.86 Å². The van der Waals surface area contributed by atoms with E-state index in [1.165, 1.54) is 0 Å². The van der Waals surface area contributed by atoms with Gasteiger partial charge in [-0.25, -0.2) is 0 Å². The van der Waals surface area contributed by atoms with Gasteiger partial charge in [-0.3, -0.25) is 4.79 Å². The summed E-state index contributed by atoms with van der Waals surface area (Å²) in [7, 11) is 0. The van der Waals surface area contributed by atoms with Crippen molar-refractivity contribution >= 4 is 32.9 Å². The van der Waals surface area contributed by atoms with Gasteiger partial charge in [-0.05, 0) is 35.0 Å². The second-order valence-corrected chi connectivity index (χ2v) is 4.22. The van der Waals surface area contributed by atoms with Crippen molar-refractivity contribution in [2.24, 2.45) is 0 Å². The van der Waals surface area contributed by atoms with Gasteiger partial charge in [0.05, 0.1) is 4.47 Å². The highest BCUT2D eigenvalue weighted by atomic mass is 79.9. The van der Waals surface area contributed by atoms with E-state index in [9.17, 15) is 4.79 Å². The maximum Gasteiger partial charge on any atom is 0.313 e. The molecule has 2 rings (SSSR count). The minimum Gasteiger partial charge on any atom is -0.481 e. The van der Waals surface area contributed by atoms with Crippen LogP contribution in [0.25, 0.3) is 11.0 Å². The number of benzene rings is 1. The van der Waals surface area contributed by atoms with Crippen molar-refractivity contribution in [3.8, 4) is 0 Å². The van der Waals surface area contributed by atoms with Crippen molar-refractivity contribution in [2.45, 2.75) is 12.8 Å². The fourth-order valence-corrected chi connectivity index (χ4v) is 1.84. The quantitative estimate of drug-likeness (QED) is 0.909. The van der Waals surface area contributed by atoms with Gasteiger partial charge in [0.1, 0.15) is 17.3 Å². The van der Waals surface area contributed by atoms with E-state index in [0.29, 0.717) is 11.3 Å². The fourth-order valence-electron chi connectivity index (χ4n) is 1.38. The first kappa shape index (κ1) is 10.2. The SMILES string of the molecule is CC(C(=O)O)c1cc2cccc(Br)c2o1. The second kappa shape index (κ2) is 3.70. The van der Waals surface area contributed by atoms with Gasteiger partial charge >= 0.3 is 5.97 Å². The molecule has 0 aliphatic heterocycles. The molecule has 3 nitrogen and oxygen atoms in total. The zero-order chi connectivity index (χ0) is 11.0. The Morgan fingerprint density at radius 2 is 2.27 bits per heavy atom. The van der Waals surface area contributed by atoms with Gasteiger partial charge in [-0.1, -0.05) is 12.1 Å². The third kappa shape index (κ3) is 1.77. The summed E-state index contributed by atoms with van der Waals surface area (Å²) < 4.78 is 6.33. The maximum atomic E-state index is 10.8. The summed E-state index contributed by atoms with van der Waals surface area (Å²) in [5.41, 5.74) is 0.695. The molecule has 78 valence electrons. The van der Waals surface area contributed by atoms with Gasteiger partial charge in [0.2, 0.25) is 0 Å². The van der Waals surface area contributed by atoms with Crippen molar-refractivity contribution in [3.63, 3.8) is 0 Å². The Hall–Kier alpha value is -1.29. The van der Waals surface area contributed by atoms with Gasteiger partial charge in [-0.15, -0.1) is 0 Å². The summed E-state index contributed by atoms with van der Waals surface area (Å²) in [4.78, 5) is 10.8. The summed E-state index contributed by atoms with van der Waals surface area (Å²) in [5, 5.41) is 9.77. The van der Waals surface area contributed by atoms with E-state index in [2.05, 4.69) is 15.9 Å². The Morgan fingerprint density at radius 3 is 2.87 bits per heavy atom. The lowest BCUT2D eigenvalue weighted by atomic mass is 10.1. The van der Waals surface area contributed by atoms with Gasteiger partial charge in [0, 0.05) is 5.39 Å². The lowest BCUT2D eigenvalue weighted by molar-refractivity contribution is -0.138. The molecule has 0 saturated carbocycles. The number of para-hydroxylation sites is 1. The number of rotatable bonds is 2. The molecule has 0 spiro atoms. The molecule has 1 atom stereocenters. The first-order chi connectivity index (χ1) is 7.09. The molecule has 0 radical (unpaired) electrons. The molecule has 0 aliphatic carbocycles. The van der Waals surface area contributed by atoms with Gasteiger partial charge in [0.25, 0.3) is 0 Å². The van der Waals surface area contributed by atoms with Gasteiger partial charge in [0.15, 0.2) is 0 Å². The van der Waals surface area contributed by atoms with E-state index < -0.39 is 11.9 Å². The molecule has 1 heterocycles. The van der Waals surface area contributed by atoms with Crippen LogP contribution in [0.1, 0.15) is 18.6 Å². The Morgan fingerprint density at radius 1 is 1.53 bits per heavy atom. The highest BCUT2D eigenvalue weighted by Gasteiger charge is 2.18. The van der Waals surface area contributed by atoms with E-state index in [1.54, 1.807) is 13.0 Å².